The van der Waals surface area contributed by atoms with E-state index in [0.29, 0.717) is 0 Å². The number of furan rings is 1. The third-order valence-electron chi connectivity index (χ3n) is 3.36. The number of fused-ring (bicyclic) bond motifs is 1. The van der Waals surface area contributed by atoms with Crippen LogP contribution in [0.4, 0.5) is 0 Å². The lowest BCUT2D eigenvalue weighted by atomic mass is 10.0. The molecule has 21 heavy (non-hydrogen) atoms. The molecule has 0 aliphatic rings. The van der Waals surface area contributed by atoms with E-state index < -0.39 is 0 Å². The number of nitrogens with one attached hydrogen (secondary N) is 1. The van der Waals surface area contributed by atoms with Crippen molar-refractivity contribution in [2.75, 3.05) is 0 Å². The van der Waals surface area contributed by atoms with Crippen LogP contribution >= 0.6 is 31.9 Å². The van der Waals surface area contributed by atoms with Gasteiger partial charge in [0.15, 0.2) is 0 Å². The van der Waals surface area contributed by atoms with Gasteiger partial charge in [-0.2, -0.15) is 0 Å². The third kappa shape index (κ3) is 3.06. The minimum Gasteiger partial charge on any atom is -0.459 e. The molecule has 1 aromatic heterocycles. The number of hydrogen-bond donors (Lipinski definition) is 2. The van der Waals surface area contributed by atoms with E-state index in [-0.39, 0.29) is 6.04 Å². The van der Waals surface area contributed by atoms with E-state index in [1.807, 2.05) is 36.4 Å². The van der Waals surface area contributed by atoms with E-state index >= 15 is 0 Å². The Morgan fingerprint density at radius 1 is 1.05 bits per heavy atom. The predicted octanol–water partition coefficient (Wildman–Crippen LogP) is 4.82. The largest absolute Gasteiger partial charge is 0.459 e. The van der Waals surface area contributed by atoms with Crippen molar-refractivity contribution in [3.8, 4) is 0 Å². The maximum absolute atomic E-state index is 5.94. The molecule has 0 fully saturated rings. The number of hydrogen-bond acceptors (Lipinski definition) is 3. The lowest BCUT2D eigenvalue weighted by Crippen LogP contribution is -2.28. The summed E-state index contributed by atoms with van der Waals surface area (Å²) in [4.78, 5) is 0. The summed E-state index contributed by atoms with van der Waals surface area (Å²) in [7, 11) is 0. The van der Waals surface area contributed by atoms with Gasteiger partial charge in [-0.15, -0.1) is 0 Å². The molecule has 5 heteroatoms. The molecule has 3 N–H and O–H groups in total. The van der Waals surface area contributed by atoms with Gasteiger partial charge in [0, 0.05) is 14.3 Å². The number of hydrazine groups is 1. The van der Waals surface area contributed by atoms with Crippen LogP contribution < -0.4 is 11.3 Å². The maximum Gasteiger partial charge on any atom is 0.134 e. The van der Waals surface area contributed by atoms with Crippen molar-refractivity contribution >= 4 is 42.8 Å². The summed E-state index contributed by atoms with van der Waals surface area (Å²) in [5.41, 5.74) is 5.92. The van der Waals surface area contributed by atoms with E-state index in [9.17, 15) is 0 Å². The highest BCUT2D eigenvalue weighted by molar-refractivity contribution is 9.11. The minimum absolute atomic E-state index is 0.202. The third-order valence-corrected chi connectivity index (χ3v) is 4.28. The van der Waals surface area contributed by atoms with Crippen molar-refractivity contribution in [3.05, 3.63) is 68.3 Å². The normalized spacial score (nSPS) is 12.8. The second kappa shape index (κ2) is 5.93. The summed E-state index contributed by atoms with van der Waals surface area (Å²) in [5.74, 6) is 6.54. The smallest absolute Gasteiger partial charge is 0.134 e. The number of halogens is 2. The van der Waals surface area contributed by atoms with E-state index in [2.05, 4.69) is 50.3 Å². The zero-order valence-electron chi connectivity index (χ0n) is 11.4. The van der Waals surface area contributed by atoms with E-state index in [4.69, 9.17) is 10.3 Å². The van der Waals surface area contributed by atoms with Gasteiger partial charge in [-0.1, -0.05) is 43.5 Å². The van der Waals surface area contributed by atoms with E-state index in [1.54, 1.807) is 0 Å². The Morgan fingerprint density at radius 3 is 2.43 bits per heavy atom. The average Bonchev–Trinajstić information content (AvgIpc) is 2.81. The molecule has 0 radical (unpaired) electrons. The molecule has 108 valence electrons. The summed E-state index contributed by atoms with van der Waals surface area (Å²) in [6.45, 7) is 2.07. The van der Waals surface area contributed by atoms with Crippen LogP contribution in [0.2, 0.25) is 0 Å². The Hall–Kier alpha value is -1.14. The Labute approximate surface area is 139 Å². The fourth-order valence-electron chi connectivity index (χ4n) is 2.41. The second-order valence-corrected chi connectivity index (χ2v) is 6.82. The highest BCUT2D eigenvalue weighted by atomic mass is 79.9. The number of aryl methyl sites for hydroxylation is 1. The van der Waals surface area contributed by atoms with Gasteiger partial charge in [0.1, 0.15) is 17.4 Å². The number of benzene rings is 2. The first-order valence-electron chi connectivity index (χ1n) is 6.49. The Morgan fingerprint density at radius 2 is 1.76 bits per heavy atom. The fraction of sp³-hybridized carbons (Fsp3) is 0.125. The summed E-state index contributed by atoms with van der Waals surface area (Å²) < 4.78 is 7.91. The van der Waals surface area contributed by atoms with Gasteiger partial charge < -0.3 is 4.42 Å². The van der Waals surface area contributed by atoms with Crippen LogP contribution in [0.1, 0.15) is 22.9 Å². The van der Waals surface area contributed by atoms with Crippen LogP contribution in [0, 0.1) is 6.92 Å². The van der Waals surface area contributed by atoms with Crippen molar-refractivity contribution in [1.82, 2.24) is 5.43 Å². The van der Waals surface area contributed by atoms with Gasteiger partial charge in [0.2, 0.25) is 0 Å². The molecule has 0 aliphatic carbocycles. The molecule has 0 amide bonds. The Balaban J connectivity index is 2.08. The van der Waals surface area contributed by atoms with Crippen molar-refractivity contribution in [2.24, 2.45) is 5.84 Å². The molecule has 0 aliphatic heterocycles. The van der Waals surface area contributed by atoms with Gasteiger partial charge in [0.25, 0.3) is 0 Å². The quantitative estimate of drug-likeness (QED) is 0.481. The Bertz CT molecular complexity index is 778. The average molecular weight is 410 g/mol. The first-order chi connectivity index (χ1) is 10.1. The van der Waals surface area contributed by atoms with Gasteiger partial charge in [-0.25, -0.2) is 5.43 Å². The lowest BCUT2D eigenvalue weighted by molar-refractivity contribution is 0.477. The molecule has 0 bridgehead atoms. The van der Waals surface area contributed by atoms with Gasteiger partial charge >= 0.3 is 0 Å². The van der Waals surface area contributed by atoms with Crippen LogP contribution in [0.25, 0.3) is 11.0 Å². The van der Waals surface area contributed by atoms with Crippen molar-refractivity contribution in [3.63, 3.8) is 0 Å². The van der Waals surface area contributed by atoms with Crippen LogP contribution in [-0.2, 0) is 0 Å². The number of rotatable bonds is 3. The summed E-state index contributed by atoms with van der Waals surface area (Å²) in [5, 5.41) is 1.08. The zero-order chi connectivity index (χ0) is 15.0. The lowest BCUT2D eigenvalue weighted by Gasteiger charge is -2.14. The predicted molar refractivity (Wildman–Crippen MR) is 92.0 cm³/mol. The molecule has 0 saturated carbocycles. The SMILES string of the molecule is Cc1ccc2oc(C(NN)c3cc(Br)cc(Br)c3)cc2c1. The number of nitrogens with two attached hydrogens (primary N) is 1. The monoisotopic (exact) mass is 408 g/mol. The van der Waals surface area contributed by atoms with Crippen molar-refractivity contribution < 1.29 is 4.42 Å². The van der Waals surface area contributed by atoms with Gasteiger partial charge in [-0.3, -0.25) is 5.84 Å². The van der Waals surface area contributed by atoms with Crippen LogP contribution in [0.5, 0.6) is 0 Å². The molecule has 3 nitrogen and oxygen atoms in total. The summed E-state index contributed by atoms with van der Waals surface area (Å²) in [6.07, 6.45) is 0. The Kier molecular flexibility index (Phi) is 4.17. The summed E-state index contributed by atoms with van der Waals surface area (Å²) >= 11 is 7.00. The molecule has 3 rings (SSSR count). The highest BCUT2D eigenvalue weighted by Gasteiger charge is 2.18. The molecular formula is C16H14Br2N2O. The van der Waals surface area contributed by atoms with Crippen molar-refractivity contribution in [1.29, 1.82) is 0 Å². The standard InChI is InChI=1S/C16H14Br2N2O/c1-9-2-3-14-10(4-9)7-15(21-14)16(20-19)11-5-12(17)8-13(18)6-11/h2-8,16,20H,19H2,1H3. The summed E-state index contributed by atoms with van der Waals surface area (Å²) in [6, 6.07) is 14.0. The molecule has 2 aromatic carbocycles. The topological polar surface area (TPSA) is 51.2 Å². The molecule has 3 aromatic rings. The zero-order valence-corrected chi connectivity index (χ0v) is 14.5. The molecule has 0 spiro atoms. The highest BCUT2D eigenvalue weighted by Crippen LogP contribution is 2.31. The molecule has 1 atom stereocenters. The minimum atomic E-state index is -0.202. The van der Waals surface area contributed by atoms with Crippen molar-refractivity contribution in [2.45, 2.75) is 13.0 Å². The van der Waals surface area contributed by atoms with Crippen LogP contribution in [0.3, 0.4) is 0 Å². The van der Waals surface area contributed by atoms with Gasteiger partial charge in [-0.05, 0) is 48.9 Å². The van der Waals surface area contributed by atoms with Gasteiger partial charge in [0.05, 0.1) is 0 Å². The molecule has 1 heterocycles. The van der Waals surface area contributed by atoms with Crippen LogP contribution in [0.15, 0.2) is 55.8 Å². The van der Waals surface area contributed by atoms with E-state index in [0.717, 1.165) is 31.2 Å². The first-order valence-corrected chi connectivity index (χ1v) is 8.07. The first kappa shape index (κ1) is 14.8. The van der Waals surface area contributed by atoms with Crippen LogP contribution in [-0.4, -0.2) is 0 Å². The molecule has 1 unspecified atom stereocenters. The van der Waals surface area contributed by atoms with E-state index in [1.165, 1.54) is 5.56 Å². The second-order valence-electron chi connectivity index (χ2n) is 4.99. The molecule has 0 saturated heterocycles. The fourth-order valence-corrected chi connectivity index (χ4v) is 3.74. The maximum atomic E-state index is 5.94. The molecular weight excluding hydrogens is 396 g/mol.